The van der Waals surface area contributed by atoms with E-state index in [1.807, 2.05) is 29.9 Å². The van der Waals surface area contributed by atoms with E-state index in [1.54, 1.807) is 17.2 Å². The molecular formula is C26H34Cl3N5O2Si. The number of anilines is 1. The molecule has 0 saturated heterocycles. The molecule has 3 rings (SSSR count). The lowest BCUT2D eigenvalue weighted by Crippen LogP contribution is -2.44. The first-order chi connectivity index (χ1) is 17.3. The van der Waals surface area contributed by atoms with Crippen molar-refractivity contribution in [2.45, 2.75) is 65.9 Å². The molecule has 0 saturated carbocycles. The van der Waals surface area contributed by atoms with Crippen LogP contribution in [0.3, 0.4) is 0 Å². The summed E-state index contributed by atoms with van der Waals surface area (Å²) in [5.74, 6) is 0.0439. The topological polar surface area (TPSA) is 73.1 Å². The minimum absolute atomic E-state index is 0.0132. The lowest BCUT2D eigenvalue weighted by atomic mass is 10.1. The Morgan fingerprint density at radius 3 is 2.30 bits per heavy atom. The van der Waals surface area contributed by atoms with Crippen molar-refractivity contribution in [2.24, 2.45) is 5.92 Å². The Balaban J connectivity index is 1.98. The quantitative estimate of drug-likeness (QED) is 0.182. The smallest absolute Gasteiger partial charge is 0.264 e. The average Bonchev–Trinajstić information content (AvgIpc) is 3.24. The standard InChI is InChI=1S/C26H34Cl3N5O2Si/c1-16(2)12-33-14-19(11-32-33)21-9-8-20(10-22(21)27)34(13-18(5)36-37(6,7)17(3)4)26(35)23-24(28)30-15-31-25(23)29/h8-11,14-18H,12-13H2,1-7H3. The van der Waals surface area contributed by atoms with Crippen LogP contribution in [0.1, 0.15) is 45.0 Å². The summed E-state index contributed by atoms with van der Waals surface area (Å²) in [6.45, 7) is 16.0. The molecule has 1 aromatic carbocycles. The van der Waals surface area contributed by atoms with Crippen molar-refractivity contribution in [1.82, 2.24) is 19.7 Å². The third-order valence-electron chi connectivity index (χ3n) is 6.31. The van der Waals surface area contributed by atoms with Gasteiger partial charge in [-0.1, -0.05) is 68.6 Å². The molecule has 200 valence electrons. The van der Waals surface area contributed by atoms with Gasteiger partial charge in [0.2, 0.25) is 0 Å². The van der Waals surface area contributed by atoms with Gasteiger partial charge in [0.05, 0.1) is 23.9 Å². The number of rotatable bonds is 10. The lowest BCUT2D eigenvalue weighted by Gasteiger charge is -2.34. The average molecular weight is 583 g/mol. The van der Waals surface area contributed by atoms with Crippen molar-refractivity contribution in [3.8, 4) is 11.1 Å². The number of nitrogens with zero attached hydrogens (tertiary/aromatic N) is 5. The molecule has 3 aromatic rings. The molecule has 37 heavy (non-hydrogen) atoms. The van der Waals surface area contributed by atoms with Gasteiger partial charge in [0.15, 0.2) is 8.32 Å². The molecule has 2 aromatic heterocycles. The molecule has 0 spiro atoms. The van der Waals surface area contributed by atoms with Gasteiger partial charge in [-0.2, -0.15) is 5.10 Å². The van der Waals surface area contributed by atoms with Crippen LogP contribution in [0.2, 0.25) is 34.0 Å². The van der Waals surface area contributed by atoms with Gasteiger partial charge in [-0.05, 0) is 43.6 Å². The van der Waals surface area contributed by atoms with Crippen LogP contribution in [0.25, 0.3) is 11.1 Å². The van der Waals surface area contributed by atoms with E-state index in [4.69, 9.17) is 39.2 Å². The predicted octanol–water partition coefficient (Wildman–Crippen LogP) is 7.62. The molecule has 0 bridgehead atoms. The fourth-order valence-corrected chi connectivity index (χ4v) is 5.94. The van der Waals surface area contributed by atoms with Gasteiger partial charge in [-0.3, -0.25) is 9.48 Å². The summed E-state index contributed by atoms with van der Waals surface area (Å²) in [5.41, 5.74) is 2.76. The van der Waals surface area contributed by atoms with Crippen molar-refractivity contribution < 1.29 is 9.22 Å². The van der Waals surface area contributed by atoms with Crippen LogP contribution in [0.5, 0.6) is 0 Å². The highest BCUT2D eigenvalue weighted by molar-refractivity contribution is 6.72. The van der Waals surface area contributed by atoms with Crippen LogP contribution < -0.4 is 4.90 Å². The molecule has 1 atom stereocenters. The van der Waals surface area contributed by atoms with Crippen LogP contribution in [0, 0.1) is 5.92 Å². The van der Waals surface area contributed by atoms with Gasteiger partial charge in [0, 0.05) is 29.6 Å². The maximum atomic E-state index is 13.8. The van der Waals surface area contributed by atoms with Gasteiger partial charge in [0.25, 0.3) is 5.91 Å². The van der Waals surface area contributed by atoms with E-state index in [0.717, 1.165) is 17.7 Å². The van der Waals surface area contributed by atoms with Crippen molar-refractivity contribution in [1.29, 1.82) is 0 Å². The summed E-state index contributed by atoms with van der Waals surface area (Å²) >= 11 is 19.3. The first kappa shape index (κ1) is 29.6. The summed E-state index contributed by atoms with van der Waals surface area (Å²) in [7, 11) is -1.97. The van der Waals surface area contributed by atoms with Gasteiger partial charge < -0.3 is 9.33 Å². The molecule has 0 fully saturated rings. The number of carbonyl (C=O) groups excluding carboxylic acids is 1. The monoisotopic (exact) mass is 581 g/mol. The number of benzene rings is 1. The Hall–Kier alpha value is -1.97. The molecule has 0 N–H and O–H groups in total. The molecule has 0 aliphatic carbocycles. The van der Waals surface area contributed by atoms with E-state index >= 15 is 0 Å². The molecule has 1 unspecified atom stereocenters. The van der Waals surface area contributed by atoms with E-state index in [9.17, 15) is 4.79 Å². The maximum Gasteiger partial charge on any atom is 0.264 e. The number of carbonyl (C=O) groups is 1. The van der Waals surface area contributed by atoms with Gasteiger partial charge in [0.1, 0.15) is 22.2 Å². The van der Waals surface area contributed by atoms with Crippen molar-refractivity contribution in [3.05, 3.63) is 57.8 Å². The summed E-state index contributed by atoms with van der Waals surface area (Å²) in [5, 5.41) is 4.91. The van der Waals surface area contributed by atoms with Crippen molar-refractivity contribution in [2.75, 3.05) is 11.4 Å². The molecule has 0 aliphatic rings. The van der Waals surface area contributed by atoms with Gasteiger partial charge in [-0.25, -0.2) is 9.97 Å². The Bertz CT molecular complexity index is 1230. The Kier molecular flexibility index (Phi) is 9.80. The van der Waals surface area contributed by atoms with Crippen molar-refractivity contribution in [3.63, 3.8) is 0 Å². The zero-order chi connectivity index (χ0) is 27.5. The SMILES string of the molecule is CC(C)Cn1cc(-c2ccc(N(CC(C)O[Si](C)(C)C(C)C)C(=O)c3c(Cl)ncnc3Cl)cc2Cl)cn1. The first-order valence-electron chi connectivity index (χ1n) is 12.3. The molecular weight excluding hydrogens is 549 g/mol. The normalized spacial score (nSPS) is 12.9. The molecule has 2 heterocycles. The second-order valence-corrected chi connectivity index (χ2v) is 16.2. The van der Waals surface area contributed by atoms with Crippen LogP contribution in [0.4, 0.5) is 5.69 Å². The van der Waals surface area contributed by atoms with Crippen LogP contribution >= 0.6 is 34.8 Å². The highest BCUT2D eigenvalue weighted by atomic mass is 35.5. The minimum atomic E-state index is -1.97. The summed E-state index contributed by atoms with van der Waals surface area (Å²) in [6, 6.07) is 5.50. The van der Waals surface area contributed by atoms with Gasteiger partial charge >= 0.3 is 0 Å². The van der Waals surface area contributed by atoms with Crippen LogP contribution in [-0.4, -0.2) is 46.6 Å². The number of hydrogen-bond donors (Lipinski definition) is 0. The van der Waals surface area contributed by atoms with E-state index in [-0.39, 0.29) is 28.5 Å². The third-order valence-corrected chi connectivity index (χ3v) is 11.0. The Morgan fingerprint density at radius 2 is 1.73 bits per heavy atom. The summed E-state index contributed by atoms with van der Waals surface area (Å²) < 4.78 is 8.36. The Labute approximate surface area is 235 Å². The zero-order valence-electron chi connectivity index (χ0n) is 22.3. The number of halogens is 3. The highest BCUT2D eigenvalue weighted by Crippen LogP contribution is 2.34. The highest BCUT2D eigenvalue weighted by Gasteiger charge is 2.32. The number of amides is 1. The molecule has 0 aliphatic heterocycles. The van der Waals surface area contributed by atoms with Crippen molar-refractivity contribution >= 4 is 54.7 Å². The molecule has 0 radical (unpaired) electrons. The van der Waals surface area contributed by atoms with E-state index in [0.29, 0.717) is 22.2 Å². The zero-order valence-corrected chi connectivity index (χ0v) is 25.6. The van der Waals surface area contributed by atoms with Crippen LogP contribution in [-0.2, 0) is 11.0 Å². The number of aromatic nitrogens is 4. The lowest BCUT2D eigenvalue weighted by molar-refractivity contribution is 0.0970. The Morgan fingerprint density at radius 1 is 1.08 bits per heavy atom. The first-order valence-corrected chi connectivity index (χ1v) is 16.4. The van der Waals surface area contributed by atoms with Gasteiger partial charge in [-0.15, -0.1) is 0 Å². The third kappa shape index (κ3) is 7.33. The predicted molar refractivity (Wildman–Crippen MR) is 154 cm³/mol. The summed E-state index contributed by atoms with van der Waals surface area (Å²) in [6.07, 6.45) is 4.74. The largest absolute Gasteiger partial charge is 0.413 e. The van der Waals surface area contributed by atoms with E-state index in [1.165, 1.54) is 6.33 Å². The second kappa shape index (κ2) is 12.3. The maximum absolute atomic E-state index is 13.8. The van der Waals surface area contributed by atoms with E-state index in [2.05, 4.69) is 55.9 Å². The number of hydrogen-bond acceptors (Lipinski definition) is 5. The fourth-order valence-electron chi connectivity index (χ4n) is 3.79. The van der Waals surface area contributed by atoms with E-state index < -0.39 is 14.2 Å². The molecule has 7 nitrogen and oxygen atoms in total. The molecule has 1 amide bonds. The second-order valence-electron chi connectivity index (χ2n) is 10.4. The van der Waals surface area contributed by atoms with Crippen LogP contribution in [0.15, 0.2) is 36.9 Å². The molecule has 11 heteroatoms. The summed E-state index contributed by atoms with van der Waals surface area (Å²) in [4.78, 5) is 23.3. The fraction of sp³-hybridized carbons (Fsp3) is 0.462. The minimum Gasteiger partial charge on any atom is -0.413 e.